The Morgan fingerprint density at radius 1 is 1.03 bits per heavy atom. The van der Waals surface area contributed by atoms with Crippen LogP contribution >= 0.6 is 0 Å². The minimum atomic E-state index is -0.711. The molecule has 1 spiro atoms. The molecule has 3 aromatic carbocycles. The van der Waals surface area contributed by atoms with Gasteiger partial charge in [-0.25, -0.2) is 0 Å². The van der Waals surface area contributed by atoms with Crippen molar-refractivity contribution in [3.8, 4) is 17.2 Å². The number of carbonyl (C=O) groups is 1. The molecule has 0 saturated carbocycles. The summed E-state index contributed by atoms with van der Waals surface area (Å²) in [7, 11) is 1.64. The molecule has 5 rings (SSSR count). The highest BCUT2D eigenvalue weighted by Crippen LogP contribution is 2.42. The van der Waals surface area contributed by atoms with E-state index < -0.39 is 5.79 Å². The molecule has 0 aliphatic carbocycles. The molecule has 0 N–H and O–H groups in total. The highest BCUT2D eigenvalue weighted by Gasteiger charge is 2.42. The van der Waals surface area contributed by atoms with Gasteiger partial charge in [-0.15, -0.1) is 0 Å². The molecule has 1 fully saturated rings. The second kappa shape index (κ2) is 8.12. The van der Waals surface area contributed by atoms with Crippen LogP contribution in [0.1, 0.15) is 18.4 Å². The minimum absolute atomic E-state index is 0.0176. The van der Waals surface area contributed by atoms with Gasteiger partial charge in [-0.3, -0.25) is 4.79 Å². The lowest BCUT2D eigenvalue weighted by Crippen LogP contribution is -2.53. The van der Waals surface area contributed by atoms with Crippen LogP contribution in [0.25, 0.3) is 10.8 Å². The molecular formula is C25H25NO5. The number of carbonyl (C=O) groups excluding carboxylic acids is 1. The van der Waals surface area contributed by atoms with E-state index in [1.807, 2.05) is 59.5 Å². The van der Waals surface area contributed by atoms with E-state index in [0.29, 0.717) is 44.0 Å². The first-order valence-electron chi connectivity index (χ1n) is 10.5. The zero-order valence-corrected chi connectivity index (χ0v) is 17.5. The van der Waals surface area contributed by atoms with Crippen molar-refractivity contribution in [1.82, 2.24) is 4.90 Å². The van der Waals surface area contributed by atoms with E-state index in [0.717, 1.165) is 22.1 Å². The van der Waals surface area contributed by atoms with Gasteiger partial charge < -0.3 is 23.8 Å². The molecule has 160 valence electrons. The van der Waals surface area contributed by atoms with Crippen LogP contribution in [-0.4, -0.2) is 43.4 Å². The summed E-state index contributed by atoms with van der Waals surface area (Å²) in [6, 6.07) is 19.7. The van der Waals surface area contributed by atoms with Gasteiger partial charge in [0.2, 0.25) is 5.79 Å². The number of hydrogen-bond acceptors (Lipinski definition) is 5. The van der Waals surface area contributed by atoms with Crippen molar-refractivity contribution in [2.75, 3.05) is 26.8 Å². The van der Waals surface area contributed by atoms with Crippen LogP contribution in [0.5, 0.6) is 17.2 Å². The molecule has 2 heterocycles. The number of benzene rings is 3. The highest BCUT2D eigenvalue weighted by atomic mass is 16.7. The quantitative estimate of drug-likeness (QED) is 0.636. The number of fused-ring (bicyclic) bond motifs is 2. The number of rotatable bonds is 4. The van der Waals surface area contributed by atoms with Crippen LogP contribution in [0.3, 0.4) is 0 Å². The van der Waals surface area contributed by atoms with E-state index >= 15 is 0 Å². The van der Waals surface area contributed by atoms with E-state index in [1.54, 1.807) is 7.11 Å². The number of ether oxygens (including phenoxy) is 4. The number of para-hydroxylation sites is 1. The predicted molar refractivity (Wildman–Crippen MR) is 116 cm³/mol. The molecular weight excluding hydrogens is 394 g/mol. The normalized spacial score (nSPS) is 17.1. The maximum absolute atomic E-state index is 12.7. The fraction of sp³-hybridized carbons (Fsp3) is 0.320. The smallest absolute Gasteiger partial charge is 0.260 e. The summed E-state index contributed by atoms with van der Waals surface area (Å²) in [5, 5.41) is 2.24. The van der Waals surface area contributed by atoms with E-state index in [4.69, 9.17) is 18.9 Å². The SMILES string of the molecule is COc1cccc2c1OC1(CCN(C(=O)COc3ccc4ccccc4c3)CC1)OC2. The molecule has 31 heavy (non-hydrogen) atoms. The second-order valence-electron chi connectivity index (χ2n) is 7.93. The average Bonchev–Trinajstić information content (AvgIpc) is 2.82. The molecule has 0 aromatic heterocycles. The van der Waals surface area contributed by atoms with Gasteiger partial charge in [0.1, 0.15) is 5.75 Å². The van der Waals surface area contributed by atoms with Crippen molar-refractivity contribution in [3.05, 3.63) is 66.2 Å². The predicted octanol–water partition coefficient (Wildman–Crippen LogP) is 4.16. The van der Waals surface area contributed by atoms with Crippen LogP contribution in [0.4, 0.5) is 0 Å². The molecule has 3 aromatic rings. The van der Waals surface area contributed by atoms with E-state index in [1.165, 1.54) is 0 Å². The Morgan fingerprint density at radius 2 is 1.84 bits per heavy atom. The van der Waals surface area contributed by atoms with Gasteiger partial charge in [-0.05, 0) is 29.0 Å². The number of likely N-dealkylation sites (tertiary alicyclic amines) is 1. The van der Waals surface area contributed by atoms with Gasteiger partial charge in [-0.2, -0.15) is 0 Å². The van der Waals surface area contributed by atoms with Gasteiger partial charge in [0.15, 0.2) is 18.1 Å². The maximum Gasteiger partial charge on any atom is 0.260 e. The fourth-order valence-corrected chi connectivity index (χ4v) is 4.21. The number of amides is 1. The van der Waals surface area contributed by atoms with Crippen molar-refractivity contribution < 1.29 is 23.7 Å². The molecule has 0 atom stereocenters. The van der Waals surface area contributed by atoms with Gasteiger partial charge in [-0.1, -0.05) is 42.5 Å². The van der Waals surface area contributed by atoms with Crippen molar-refractivity contribution in [2.24, 2.45) is 0 Å². The van der Waals surface area contributed by atoms with Crippen molar-refractivity contribution in [2.45, 2.75) is 25.2 Å². The van der Waals surface area contributed by atoms with E-state index in [-0.39, 0.29) is 12.5 Å². The third kappa shape index (κ3) is 3.91. The lowest BCUT2D eigenvalue weighted by Gasteiger charge is -2.44. The zero-order valence-electron chi connectivity index (χ0n) is 17.5. The topological polar surface area (TPSA) is 57.2 Å². The second-order valence-corrected chi connectivity index (χ2v) is 7.93. The number of nitrogens with zero attached hydrogens (tertiary/aromatic N) is 1. The molecule has 6 heteroatoms. The van der Waals surface area contributed by atoms with Crippen LogP contribution in [0.15, 0.2) is 60.7 Å². The Labute approximate surface area is 181 Å². The summed E-state index contributed by atoms with van der Waals surface area (Å²) in [5.41, 5.74) is 0.979. The van der Waals surface area contributed by atoms with Crippen molar-refractivity contribution >= 4 is 16.7 Å². The molecule has 0 bridgehead atoms. The highest BCUT2D eigenvalue weighted by molar-refractivity contribution is 5.84. The van der Waals surface area contributed by atoms with Crippen LogP contribution in [-0.2, 0) is 16.1 Å². The summed E-state index contributed by atoms with van der Waals surface area (Å²) in [6.07, 6.45) is 1.21. The van der Waals surface area contributed by atoms with Crippen molar-refractivity contribution in [1.29, 1.82) is 0 Å². The van der Waals surface area contributed by atoms with E-state index in [9.17, 15) is 4.79 Å². The Kier molecular flexibility index (Phi) is 5.16. The Balaban J connectivity index is 1.19. The molecule has 0 unspecified atom stereocenters. The molecule has 2 aliphatic heterocycles. The minimum Gasteiger partial charge on any atom is -0.493 e. The maximum atomic E-state index is 12.7. The Hall–Kier alpha value is -3.25. The van der Waals surface area contributed by atoms with Crippen LogP contribution in [0, 0.1) is 0 Å². The third-order valence-electron chi connectivity index (χ3n) is 6.02. The number of methoxy groups -OCH3 is 1. The first-order chi connectivity index (χ1) is 15.2. The first-order valence-corrected chi connectivity index (χ1v) is 10.5. The van der Waals surface area contributed by atoms with Gasteiger partial charge >= 0.3 is 0 Å². The zero-order chi connectivity index (χ0) is 21.3. The van der Waals surface area contributed by atoms with Crippen LogP contribution < -0.4 is 14.2 Å². The molecule has 1 amide bonds. The summed E-state index contributed by atoms with van der Waals surface area (Å²) in [4.78, 5) is 14.5. The Bertz CT molecular complexity index is 1090. The van der Waals surface area contributed by atoms with Gasteiger partial charge in [0.05, 0.1) is 13.7 Å². The first kappa shape index (κ1) is 19.7. The molecule has 0 radical (unpaired) electrons. The number of piperidine rings is 1. The summed E-state index contributed by atoms with van der Waals surface area (Å²) in [5.74, 6) is 1.41. The summed E-state index contributed by atoms with van der Waals surface area (Å²) in [6.45, 7) is 1.62. The van der Waals surface area contributed by atoms with Gasteiger partial charge in [0.25, 0.3) is 5.91 Å². The van der Waals surface area contributed by atoms with Crippen LogP contribution in [0.2, 0.25) is 0 Å². The third-order valence-corrected chi connectivity index (χ3v) is 6.02. The molecule has 2 aliphatic rings. The Morgan fingerprint density at radius 3 is 2.65 bits per heavy atom. The lowest BCUT2D eigenvalue weighted by atomic mass is 10.0. The van der Waals surface area contributed by atoms with Gasteiger partial charge in [0, 0.05) is 31.5 Å². The average molecular weight is 419 g/mol. The summed E-state index contributed by atoms with van der Waals surface area (Å²) >= 11 is 0. The number of hydrogen-bond donors (Lipinski definition) is 0. The standard InChI is InChI=1S/C25H25NO5/c1-28-22-8-4-7-20-16-30-25(31-24(20)22)11-13-26(14-12-25)23(27)17-29-21-10-9-18-5-2-3-6-19(18)15-21/h2-10,15H,11-14,16-17H2,1H3. The lowest BCUT2D eigenvalue weighted by molar-refractivity contribution is -0.228. The largest absolute Gasteiger partial charge is 0.493 e. The molecule has 6 nitrogen and oxygen atoms in total. The fourth-order valence-electron chi connectivity index (χ4n) is 4.21. The van der Waals surface area contributed by atoms with E-state index in [2.05, 4.69) is 6.07 Å². The summed E-state index contributed by atoms with van der Waals surface area (Å²) < 4.78 is 23.6. The van der Waals surface area contributed by atoms with Crippen molar-refractivity contribution in [3.63, 3.8) is 0 Å². The monoisotopic (exact) mass is 419 g/mol. The molecule has 1 saturated heterocycles.